The molecule has 24 heavy (non-hydrogen) atoms. The molecule has 0 spiro atoms. The maximum atomic E-state index is 13.9. The van der Waals surface area contributed by atoms with Crippen LogP contribution < -0.4 is 9.47 Å². The predicted molar refractivity (Wildman–Crippen MR) is 90.0 cm³/mol. The third-order valence-electron chi connectivity index (χ3n) is 3.64. The minimum atomic E-state index is -0.497. The molecule has 0 aliphatic carbocycles. The lowest BCUT2D eigenvalue weighted by Gasteiger charge is -2.10. The van der Waals surface area contributed by atoms with Gasteiger partial charge in [0, 0.05) is 17.0 Å². The molecule has 0 aliphatic heterocycles. The highest BCUT2D eigenvalue weighted by Crippen LogP contribution is 2.33. The molecular formula is C18H12ClFN2O2. The highest BCUT2D eigenvalue weighted by atomic mass is 35.5. The van der Waals surface area contributed by atoms with Crippen molar-refractivity contribution in [2.75, 3.05) is 14.2 Å². The summed E-state index contributed by atoms with van der Waals surface area (Å²) in [5.74, 6) is 0.169. The minimum absolute atomic E-state index is 0.146. The van der Waals surface area contributed by atoms with Crippen LogP contribution in [0.5, 0.6) is 11.5 Å². The maximum absolute atomic E-state index is 13.9. The van der Waals surface area contributed by atoms with Crippen molar-refractivity contribution in [1.82, 2.24) is 4.98 Å². The Balaban J connectivity index is 2.24. The molecule has 0 radical (unpaired) electrons. The Morgan fingerprint density at radius 2 is 1.92 bits per heavy atom. The van der Waals surface area contributed by atoms with Crippen molar-refractivity contribution >= 4 is 22.5 Å². The van der Waals surface area contributed by atoms with E-state index >= 15 is 0 Å². The lowest BCUT2D eigenvalue weighted by atomic mass is 10.1. The second-order valence-corrected chi connectivity index (χ2v) is 5.43. The number of hydrogen-bond donors (Lipinski definition) is 0. The van der Waals surface area contributed by atoms with Crippen molar-refractivity contribution < 1.29 is 13.9 Å². The molecule has 6 heteroatoms. The summed E-state index contributed by atoms with van der Waals surface area (Å²) >= 11 is 6.34. The molecule has 4 nitrogen and oxygen atoms in total. The van der Waals surface area contributed by atoms with Gasteiger partial charge in [0.1, 0.15) is 11.8 Å². The van der Waals surface area contributed by atoms with Crippen LogP contribution in [0.3, 0.4) is 0 Å². The number of nitrogens with zero attached hydrogens (tertiary/aromatic N) is 2. The summed E-state index contributed by atoms with van der Waals surface area (Å²) in [6.45, 7) is 0. The number of nitriles is 1. The van der Waals surface area contributed by atoms with Crippen LogP contribution in [0.1, 0.15) is 5.56 Å². The van der Waals surface area contributed by atoms with Crippen LogP contribution >= 0.6 is 11.6 Å². The Hall–Kier alpha value is -2.84. The second-order valence-electron chi connectivity index (χ2n) is 5.02. The molecule has 0 unspecified atom stereocenters. The van der Waals surface area contributed by atoms with E-state index in [4.69, 9.17) is 21.1 Å². The SMILES string of the molecule is COc1cc(C#N)c2nc(-c3ccc(OC)c(F)c3)cc(Cl)c2c1. The zero-order valence-electron chi connectivity index (χ0n) is 12.9. The van der Waals surface area contributed by atoms with Crippen LogP contribution in [0.25, 0.3) is 22.2 Å². The maximum Gasteiger partial charge on any atom is 0.165 e. The van der Waals surface area contributed by atoms with E-state index < -0.39 is 5.82 Å². The number of methoxy groups -OCH3 is 2. The van der Waals surface area contributed by atoms with Crippen LogP contribution in [-0.2, 0) is 0 Å². The van der Waals surface area contributed by atoms with E-state index in [9.17, 15) is 9.65 Å². The molecule has 3 aromatic rings. The molecular weight excluding hydrogens is 331 g/mol. The van der Waals surface area contributed by atoms with Gasteiger partial charge in [-0.3, -0.25) is 0 Å². The van der Waals surface area contributed by atoms with Crippen LogP contribution in [0.15, 0.2) is 36.4 Å². The van der Waals surface area contributed by atoms with Crippen molar-refractivity contribution in [3.63, 3.8) is 0 Å². The van der Waals surface area contributed by atoms with E-state index in [1.807, 2.05) is 0 Å². The zero-order valence-corrected chi connectivity index (χ0v) is 13.7. The van der Waals surface area contributed by atoms with Gasteiger partial charge in [0.25, 0.3) is 0 Å². The zero-order chi connectivity index (χ0) is 17.3. The lowest BCUT2D eigenvalue weighted by Crippen LogP contribution is -1.94. The van der Waals surface area contributed by atoms with E-state index in [1.54, 1.807) is 24.3 Å². The fourth-order valence-corrected chi connectivity index (χ4v) is 2.69. The Morgan fingerprint density at radius 3 is 2.54 bits per heavy atom. The van der Waals surface area contributed by atoms with Crippen molar-refractivity contribution in [2.45, 2.75) is 0 Å². The third kappa shape index (κ3) is 2.72. The van der Waals surface area contributed by atoms with E-state index in [0.717, 1.165) is 0 Å². The number of aromatic nitrogens is 1. The molecule has 0 amide bonds. The fourth-order valence-electron chi connectivity index (χ4n) is 2.44. The molecule has 0 aliphatic rings. The number of halogens is 2. The summed E-state index contributed by atoms with van der Waals surface area (Å²) in [6, 6.07) is 11.5. The highest BCUT2D eigenvalue weighted by Gasteiger charge is 2.13. The van der Waals surface area contributed by atoms with Gasteiger partial charge < -0.3 is 9.47 Å². The van der Waals surface area contributed by atoms with Crippen LogP contribution in [0.4, 0.5) is 4.39 Å². The van der Waals surface area contributed by atoms with Crippen LogP contribution in [0.2, 0.25) is 5.02 Å². The Bertz CT molecular complexity index is 983. The standard InChI is InChI=1S/C18H12ClFN2O2/c1-23-12-5-11(9-21)18-13(7-12)14(19)8-16(22-18)10-3-4-17(24-2)15(20)6-10/h3-8H,1-2H3. The first-order valence-corrected chi connectivity index (χ1v) is 7.37. The number of hydrogen-bond acceptors (Lipinski definition) is 4. The van der Waals surface area contributed by atoms with E-state index in [-0.39, 0.29) is 5.75 Å². The summed E-state index contributed by atoms with van der Waals surface area (Å²) in [5.41, 5.74) is 1.78. The molecule has 0 bridgehead atoms. The van der Waals surface area contributed by atoms with Gasteiger partial charge in [0.05, 0.1) is 36.0 Å². The Morgan fingerprint density at radius 1 is 1.12 bits per heavy atom. The Kier molecular flexibility index (Phi) is 4.24. The smallest absolute Gasteiger partial charge is 0.165 e. The molecule has 2 aromatic carbocycles. The quantitative estimate of drug-likeness (QED) is 0.699. The first kappa shape index (κ1) is 16.0. The van der Waals surface area contributed by atoms with Crippen molar-refractivity contribution in [1.29, 1.82) is 5.26 Å². The van der Waals surface area contributed by atoms with Gasteiger partial charge in [0.15, 0.2) is 11.6 Å². The van der Waals surface area contributed by atoms with Crippen LogP contribution in [0, 0.1) is 17.1 Å². The number of benzene rings is 2. The molecule has 120 valence electrons. The summed E-state index contributed by atoms with van der Waals surface area (Å²) in [6.07, 6.45) is 0. The molecule has 3 rings (SSSR count). The topological polar surface area (TPSA) is 55.1 Å². The third-order valence-corrected chi connectivity index (χ3v) is 3.95. The monoisotopic (exact) mass is 342 g/mol. The van der Waals surface area contributed by atoms with Gasteiger partial charge in [-0.1, -0.05) is 11.6 Å². The van der Waals surface area contributed by atoms with Gasteiger partial charge in [-0.2, -0.15) is 5.26 Å². The summed E-state index contributed by atoms with van der Waals surface area (Å²) in [5, 5.41) is 10.4. The van der Waals surface area contributed by atoms with Gasteiger partial charge in [-0.05, 0) is 30.3 Å². The van der Waals surface area contributed by atoms with Gasteiger partial charge in [-0.15, -0.1) is 0 Å². The highest BCUT2D eigenvalue weighted by molar-refractivity contribution is 6.35. The molecule has 0 saturated heterocycles. The van der Waals surface area contributed by atoms with Gasteiger partial charge in [0.2, 0.25) is 0 Å². The predicted octanol–water partition coefficient (Wildman–Crippen LogP) is 4.58. The average Bonchev–Trinajstić information content (AvgIpc) is 2.60. The van der Waals surface area contributed by atoms with Crippen molar-refractivity contribution in [2.24, 2.45) is 0 Å². The Labute approximate surface area is 143 Å². The summed E-state index contributed by atoms with van der Waals surface area (Å²) in [7, 11) is 2.91. The molecule has 0 fully saturated rings. The summed E-state index contributed by atoms with van der Waals surface area (Å²) < 4.78 is 24.0. The molecule has 1 heterocycles. The van der Waals surface area contributed by atoms with Crippen molar-refractivity contribution in [3.8, 4) is 28.8 Å². The molecule has 0 N–H and O–H groups in total. The van der Waals surface area contributed by atoms with E-state index in [0.29, 0.717) is 38.5 Å². The molecule has 0 saturated carbocycles. The average molecular weight is 343 g/mol. The van der Waals surface area contributed by atoms with E-state index in [1.165, 1.54) is 26.4 Å². The fraction of sp³-hybridized carbons (Fsp3) is 0.111. The largest absolute Gasteiger partial charge is 0.497 e. The summed E-state index contributed by atoms with van der Waals surface area (Å²) in [4.78, 5) is 4.48. The van der Waals surface area contributed by atoms with Gasteiger partial charge >= 0.3 is 0 Å². The number of ether oxygens (including phenoxy) is 2. The molecule has 0 atom stereocenters. The van der Waals surface area contributed by atoms with Crippen LogP contribution in [-0.4, -0.2) is 19.2 Å². The first-order valence-electron chi connectivity index (χ1n) is 6.99. The number of rotatable bonds is 3. The molecule has 1 aromatic heterocycles. The second kappa shape index (κ2) is 6.34. The minimum Gasteiger partial charge on any atom is -0.497 e. The normalized spacial score (nSPS) is 10.5. The van der Waals surface area contributed by atoms with Crippen molar-refractivity contribution in [3.05, 3.63) is 52.8 Å². The number of pyridine rings is 1. The van der Waals surface area contributed by atoms with Gasteiger partial charge in [-0.25, -0.2) is 9.37 Å². The number of fused-ring (bicyclic) bond motifs is 1. The lowest BCUT2D eigenvalue weighted by molar-refractivity contribution is 0.386. The first-order chi connectivity index (χ1) is 11.6. The van der Waals surface area contributed by atoms with E-state index in [2.05, 4.69) is 11.1 Å².